The number of para-hydroxylation sites is 1. The summed E-state index contributed by atoms with van der Waals surface area (Å²) in [6, 6.07) is 10.4. The third kappa shape index (κ3) is 4.98. The molecule has 0 fully saturated rings. The zero-order valence-electron chi connectivity index (χ0n) is 14.8. The fourth-order valence-corrected chi connectivity index (χ4v) is 2.49. The van der Waals surface area contributed by atoms with Crippen molar-refractivity contribution in [2.24, 2.45) is 0 Å². The van der Waals surface area contributed by atoms with E-state index >= 15 is 0 Å². The molecule has 0 spiro atoms. The number of fused-ring (bicyclic) bond motifs is 1. The number of halogens is 3. The van der Waals surface area contributed by atoms with E-state index in [0.717, 1.165) is 28.8 Å². The summed E-state index contributed by atoms with van der Waals surface area (Å²) in [5.74, 6) is -1.58. The van der Waals surface area contributed by atoms with Gasteiger partial charge in [0.15, 0.2) is 6.61 Å². The molecule has 1 heterocycles. The van der Waals surface area contributed by atoms with Crippen molar-refractivity contribution in [2.45, 2.75) is 12.7 Å². The Hall–Kier alpha value is -3.69. The smallest absolute Gasteiger partial charge is 0.416 e. The number of aromatic nitrogens is 2. The minimum absolute atomic E-state index is 0.119. The van der Waals surface area contributed by atoms with Crippen LogP contribution in [-0.2, 0) is 27.0 Å². The predicted molar refractivity (Wildman–Crippen MR) is 97.0 cm³/mol. The number of esters is 1. The van der Waals surface area contributed by atoms with Gasteiger partial charge in [0.1, 0.15) is 6.54 Å². The van der Waals surface area contributed by atoms with Gasteiger partial charge in [-0.25, -0.2) is 4.98 Å². The quantitative estimate of drug-likeness (QED) is 0.659. The van der Waals surface area contributed by atoms with Crippen LogP contribution in [0.4, 0.5) is 18.9 Å². The summed E-state index contributed by atoms with van der Waals surface area (Å²) in [7, 11) is 0. The average Bonchev–Trinajstić information content (AvgIpc) is 2.68. The fraction of sp³-hybridized carbons (Fsp3) is 0.158. The lowest BCUT2D eigenvalue weighted by Crippen LogP contribution is -2.28. The van der Waals surface area contributed by atoms with Crippen LogP contribution in [0.2, 0.25) is 0 Å². The van der Waals surface area contributed by atoms with Crippen molar-refractivity contribution in [1.82, 2.24) is 9.55 Å². The Morgan fingerprint density at radius 2 is 1.76 bits per heavy atom. The van der Waals surface area contributed by atoms with E-state index in [1.807, 2.05) is 0 Å². The number of nitrogens with zero attached hydrogens (tertiary/aromatic N) is 2. The highest BCUT2D eigenvalue weighted by Crippen LogP contribution is 2.29. The standard InChI is InChI=1S/C19H14F3N3O4/c20-19(21,22)12-5-7-13(8-6-12)24-16(26)10-29-17(27)9-25-11-23-15-4-2-1-3-14(15)18(25)28/h1-8,11H,9-10H2,(H,24,26). The number of hydrogen-bond donors (Lipinski definition) is 1. The van der Waals surface area contributed by atoms with Gasteiger partial charge in [-0.3, -0.25) is 19.0 Å². The molecule has 0 atom stereocenters. The molecule has 0 radical (unpaired) electrons. The number of alkyl halides is 3. The zero-order valence-corrected chi connectivity index (χ0v) is 14.8. The Morgan fingerprint density at radius 3 is 2.45 bits per heavy atom. The average molecular weight is 405 g/mol. The van der Waals surface area contributed by atoms with Gasteiger partial charge in [0.25, 0.3) is 11.5 Å². The fourth-order valence-electron chi connectivity index (χ4n) is 2.49. The summed E-state index contributed by atoms with van der Waals surface area (Å²) in [4.78, 5) is 40.1. The van der Waals surface area contributed by atoms with E-state index in [9.17, 15) is 27.6 Å². The van der Waals surface area contributed by atoms with Crippen molar-refractivity contribution in [3.63, 3.8) is 0 Å². The van der Waals surface area contributed by atoms with Crippen LogP contribution in [-0.4, -0.2) is 28.0 Å². The molecule has 0 unspecified atom stereocenters. The normalized spacial score (nSPS) is 11.3. The van der Waals surface area contributed by atoms with Crippen LogP contribution in [0.5, 0.6) is 0 Å². The lowest BCUT2D eigenvalue weighted by atomic mass is 10.2. The summed E-state index contributed by atoms with van der Waals surface area (Å²) < 4.78 is 43.4. The third-order valence-electron chi connectivity index (χ3n) is 3.89. The van der Waals surface area contributed by atoms with Crippen LogP contribution in [0, 0.1) is 0 Å². The van der Waals surface area contributed by atoms with Gasteiger partial charge in [-0.05, 0) is 36.4 Å². The molecule has 0 aliphatic rings. The maximum absolute atomic E-state index is 12.5. The number of anilines is 1. The van der Waals surface area contributed by atoms with E-state index in [4.69, 9.17) is 4.74 Å². The minimum Gasteiger partial charge on any atom is -0.454 e. The van der Waals surface area contributed by atoms with Crippen molar-refractivity contribution in [3.05, 3.63) is 70.8 Å². The van der Waals surface area contributed by atoms with E-state index in [0.29, 0.717) is 10.9 Å². The van der Waals surface area contributed by atoms with E-state index < -0.39 is 42.3 Å². The van der Waals surface area contributed by atoms with E-state index in [-0.39, 0.29) is 5.69 Å². The highest BCUT2D eigenvalue weighted by molar-refractivity contribution is 5.92. The topological polar surface area (TPSA) is 90.3 Å². The van der Waals surface area contributed by atoms with Crippen LogP contribution in [0.1, 0.15) is 5.56 Å². The summed E-state index contributed by atoms with van der Waals surface area (Å²) in [6.45, 7) is -1.10. The highest BCUT2D eigenvalue weighted by Gasteiger charge is 2.30. The van der Waals surface area contributed by atoms with Gasteiger partial charge in [0.2, 0.25) is 0 Å². The van der Waals surface area contributed by atoms with Gasteiger partial charge in [0.05, 0.1) is 22.8 Å². The number of carbonyl (C=O) groups is 2. The Balaban J connectivity index is 1.55. The van der Waals surface area contributed by atoms with Crippen LogP contribution in [0.25, 0.3) is 10.9 Å². The van der Waals surface area contributed by atoms with Crippen molar-refractivity contribution >= 4 is 28.5 Å². The van der Waals surface area contributed by atoms with Crippen molar-refractivity contribution in [3.8, 4) is 0 Å². The Labute approximate surface area is 161 Å². The Morgan fingerprint density at radius 1 is 1.07 bits per heavy atom. The highest BCUT2D eigenvalue weighted by atomic mass is 19.4. The first kappa shape index (κ1) is 20.1. The summed E-state index contributed by atoms with van der Waals surface area (Å²) in [6.07, 6.45) is -3.28. The Kier molecular flexibility index (Phi) is 5.62. The van der Waals surface area contributed by atoms with Crippen LogP contribution in [0.15, 0.2) is 59.7 Å². The largest absolute Gasteiger partial charge is 0.454 e. The molecule has 150 valence electrons. The lowest BCUT2D eigenvalue weighted by Gasteiger charge is -2.10. The number of hydrogen-bond acceptors (Lipinski definition) is 5. The van der Waals surface area contributed by atoms with Gasteiger partial charge in [-0.2, -0.15) is 13.2 Å². The van der Waals surface area contributed by atoms with Crippen LogP contribution < -0.4 is 10.9 Å². The lowest BCUT2D eigenvalue weighted by molar-refractivity contribution is -0.148. The number of nitrogens with one attached hydrogen (secondary N) is 1. The summed E-state index contributed by atoms with van der Waals surface area (Å²) in [5, 5.41) is 2.65. The molecular weight excluding hydrogens is 391 g/mol. The van der Waals surface area contributed by atoms with Gasteiger partial charge < -0.3 is 10.1 Å². The van der Waals surface area contributed by atoms with Gasteiger partial charge in [-0.15, -0.1) is 0 Å². The Bertz CT molecular complexity index is 1110. The second-order valence-electron chi connectivity index (χ2n) is 5.98. The molecule has 0 saturated heterocycles. The van der Waals surface area contributed by atoms with E-state index in [2.05, 4.69) is 10.3 Å². The number of ether oxygens (including phenoxy) is 1. The molecule has 1 aromatic heterocycles. The molecule has 0 aliphatic heterocycles. The molecular formula is C19H14F3N3O4. The first-order chi connectivity index (χ1) is 13.7. The second-order valence-corrected chi connectivity index (χ2v) is 5.98. The first-order valence-electron chi connectivity index (χ1n) is 8.31. The molecule has 10 heteroatoms. The zero-order chi connectivity index (χ0) is 21.0. The van der Waals surface area contributed by atoms with Crippen molar-refractivity contribution in [1.29, 1.82) is 0 Å². The molecule has 3 aromatic rings. The van der Waals surface area contributed by atoms with Crippen LogP contribution >= 0.6 is 0 Å². The summed E-state index contributed by atoms with van der Waals surface area (Å²) >= 11 is 0. The molecule has 0 aliphatic carbocycles. The number of benzene rings is 2. The third-order valence-corrected chi connectivity index (χ3v) is 3.89. The monoisotopic (exact) mass is 405 g/mol. The van der Waals surface area contributed by atoms with Crippen molar-refractivity contribution < 1.29 is 27.5 Å². The molecule has 7 nitrogen and oxygen atoms in total. The van der Waals surface area contributed by atoms with Crippen molar-refractivity contribution in [2.75, 3.05) is 11.9 Å². The molecule has 0 bridgehead atoms. The molecule has 1 N–H and O–H groups in total. The second kappa shape index (κ2) is 8.13. The SMILES string of the molecule is O=C(COC(=O)Cn1cnc2ccccc2c1=O)Nc1ccc(C(F)(F)F)cc1. The molecule has 1 amide bonds. The number of amides is 1. The predicted octanol–water partition coefficient (Wildman–Crippen LogP) is 2.60. The van der Waals surface area contributed by atoms with E-state index in [1.54, 1.807) is 24.3 Å². The number of rotatable bonds is 5. The van der Waals surface area contributed by atoms with Gasteiger partial charge in [-0.1, -0.05) is 12.1 Å². The van der Waals surface area contributed by atoms with Gasteiger partial charge in [0, 0.05) is 5.69 Å². The molecule has 29 heavy (non-hydrogen) atoms. The molecule has 3 rings (SSSR count). The minimum atomic E-state index is -4.48. The van der Waals surface area contributed by atoms with E-state index in [1.165, 1.54) is 6.33 Å². The maximum Gasteiger partial charge on any atom is 0.416 e. The van der Waals surface area contributed by atoms with Crippen LogP contribution in [0.3, 0.4) is 0 Å². The molecule has 0 saturated carbocycles. The first-order valence-corrected chi connectivity index (χ1v) is 8.31. The molecule has 2 aromatic carbocycles. The van der Waals surface area contributed by atoms with Gasteiger partial charge >= 0.3 is 12.1 Å². The maximum atomic E-state index is 12.5. The summed E-state index contributed by atoms with van der Waals surface area (Å²) in [5.41, 5.74) is -0.676. The number of carbonyl (C=O) groups excluding carboxylic acids is 2.